The third-order valence-electron chi connectivity index (χ3n) is 3.70. The molecule has 1 heterocycles. The molecular weight excluding hydrogens is 340 g/mol. The van der Waals surface area contributed by atoms with E-state index in [2.05, 4.69) is 15.6 Å². The monoisotopic (exact) mass is 361 g/mol. The number of benzene rings is 1. The minimum Gasteiger partial charge on any atom is -0.350 e. The molecule has 138 valence electrons. The van der Waals surface area contributed by atoms with Crippen LogP contribution < -0.4 is 10.6 Å². The van der Waals surface area contributed by atoms with Gasteiger partial charge in [-0.3, -0.25) is 14.6 Å². The van der Waals surface area contributed by atoms with Crippen LogP contribution in [0.15, 0.2) is 42.7 Å². The van der Waals surface area contributed by atoms with Gasteiger partial charge in [-0.05, 0) is 42.2 Å². The standard InChI is InChI=1S/C19H21F2N3O2/c1-12(2)8-17(19(26)23-11-13-4-3-7-22-10-13)24-18(25)14-5-6-15(20)16(21)9-14/h3-7,9-10,12,17H,8,11H2,1-2H3,(H,23,26)(H,24,25)/t17-/m0/s1. The van der Waals surface area contributed by atoms with E-state index in [0.717, 1.165) is 17.7 Å². The first-order chi connectivity index (χ1) is 12.4. The second kappa shape index (κ2) is 9.03. The van der Waals surface area contributed by atoms with Gasteiger partial charge in [0.1, 0.15) is 6.04 Å². The molecule has 2 N–H and O–H groups in total. The van der Waals surface area contributed by atoms with Crippen molar-refractivity contribution >= 4 is 11.8 Å². The molecule has 2 amide bonds. The Bertz CT molecular complexity index is 767. The van der Waals surface area contributed by atoms with Gasteiger partial charge in [-0.25, -0.2) is 8.78 Å². The van der Waals surface area contributed by atoms with E-state index in [4.69, 9.17) is 0 Å². The Kier molecular flexibility index (Phi) is 6.77. The first-order valence-corrected chi connectivity index (χ1v) is 8.29. The van der Waals surface area contributed by atoms with Gasteiger partial charge in [-0.2, -0.15) is 0 Å². The van der Waals surface area contributed by atoms with Gasteiger partial charge in [0, 0.05) is 24.5 Å². The maximum absolute atomic E-state index is 13.3. The summed E-state index contributed by atoms with van der Waals surface area (Å²) in [4.78, 5) is 28.7. The molecule has 0 bridgehead atoms. The molecule has 0 unspecified atom stereocenters. The van der Waals surface area contributed by atoms with Crippen molar-refractivity contribution in [3.63, 3.8) is 0 Å². The van der Waals surface area contributed by atoms with E-state index in [1.807, 2.05) is 19.9 Å². The summed E-state index contributed by atoms with van der Waals surface area (Å²) in [5, 5.41) is 5.35. The van der Waals surface area contributed by atoms with E-state index < -0.39 is 23.6 Å². The van der Waals surface area contributed by atoms with Gasteiger partial charge in [0.15, 0.2) is 11.6 Å². The minimum absolute atomic E-state index is 0.0438. The van der Waals surface area contributed by atoms with Crippen molar-refractivity contribution in [3.8, 4) is 0 Å². The maximum atomic E-state index is 13.3. The average Bonchev–Trinajstić information content (AvgIpc) is 2.61. The Morgan fingerprint density at radius 3 is 2.54 bits per heavy atom. The summed E-state index contributed by atoms with van der Waals surface area (Å²) < 4.78 is 26.3. The molecule has 26 heavy (non-hydrogen) atoms. The highest BCUT2D eigenvalue weighted by Crippen LogP contribution is 2.11. The first kappa shape index (κ1) is 19.5. The number of nitrogens with zero attached hydrogens (tertiary/aromatic N) is 1. The summed E-state index contributed by atoms with van der Waals surface area (Å²) in [6.07, 6.45) is 3.68. The third kappa shape index (κ3) is 5.61. The van der Waals surface area contributed by atoms with Crippen LogP contribution in [0, 0.1) is 17.6 Å². The molecule has 1 aromatic heterocycles. The molecule has 0 radical (unpaired) electrons. The Labute approximate surface area is 150 Å². The highest BCUT2D eigenvalue weighted by atomic mass is 19.2. The zero-order chi connectivity index (χ0) is 19.1. The molecule has 0 saturated carbocycles. The van der Waals surface area contributed by atoms with Gasteiger partial charge in [0.05, 0.1) is 0 Å². The van der Waals surface area contributed by atoms with Crippen molar-refractivity contribution in [1.82, 2.24) is 15.6 Å². The number of aromatic nitrogens is 1. The van der Waals surface area contributed by atoms with Crippen molar-refractivity contribution in [3.05, 3.63) is 65.5 Å². The topological polar surface area (TPSA) is 71.1 Å². The lowest BCUT2D eigenvalue weighted by molar-refractivity contribution is -0.123. The molecule has 0 fully saturated rings. The van der Waals surface area contributed by atoms with Crippen molar-refractivity contribution in [2.24, 2.45) is 5.92 Å². The van der Waals surface area contributed by atoms with E-state index in [0.29, 0.717) is 6.42 Å². The molecule has 0 aliphatic rings. The lowest BCUT2D eigenvalue weighted by Gasteiger charge is -2.20. The number of rotatable bonds is 7. The van der Waals surface area contributed by atoms with E-state index in [1.165, 1.54) is 6.07 Å². The normalized spacial score (nSPS) is 11.9. The summed E-state index contributed by atoms with van der Waals surface area (Å²) in [6.45, 7) is 4.12. The molecular formula is C19H21F2N3O2. The van der Waals surface area contributed by atoms with Crippen molar-refractivity contribution in [2.75, 3.05) is 0 Å². The van der Waals surface area contributed by atoms with Crippen LogP contribution >= 0.6 is 0 Å². The van der Waals surface area contributed by atoms with Crippen LogP contribution in [-0.4, -0.2) is 22.8 Å². The van der Waals surface area contributed by atoms with Crippen LogP contribution in [0.3, 0.4) is 0 Å². The van der Waals surface area contributed by atoms with Gasteiger partial charge in [0.25, 0.3) is 5.91 Å². The predicted molar refractivity (Wildman–Crippen MR) is 93.2 cm³/mol. The van der Waals surface area contributed by atoms with E-state index in [1.54, 1.807) is 18.5 Å². The van der Waals surface area contributed by atoms with E-state index in [-0.39, 0.29) is 23.9 Å². The third-order valence-corrected chi connectivity index (χ3v) is 3.70. The molecule has 1 atom stereocenters. The smallest absolute Gasteiger partial charge is 0.252 e. The molecule has 0 spiro atoms. The maximum Gasteiger partial charge on any atom is 0.252 e. The van der Waals surface area contributed by atoms with Gasteiger partial charge in [-0.15, -0.1) is 0 Å². The second-order valence-corrected chi connectivity index (χ2v) is 6.36. The van der Waals surface area contributed by atoms with Crippen molar-refractivity contribution in [1.29, 1.82) is 0 Å². The van der Waals surface area contributed by atoms with Crippen molar-refractivity contribution in [2.45, 2.75) is 32.9 Å². The Hall–Kier alpha value is -2.83. The fraction of sp³-hybridized carbons (Fsp3) is 0.316. The van der Waals surface area contributed by atoms with Gasteiger partial charge in [-0.1, -0.05) is 19.9 Å². The van der Waals surface area contributed by atoms with Crippen LogP contribution in [0.1, 0.15) is 36.2 Å². The number of hydrogen-bond donors (Lipinski definition) is 2. The summed E-state index contributed by atoms with van der Waals surface area (Å²) >= 11 is 0. The molecule has 5 nitrogen and oxygen atoms in total. The molecule has 1 aromatic carbocycles. The second-order valence-electron chi connectivity index (χ2n) is 6.36. The first-order valence-electron chi connectivity index (χ1n) is 8.29. The quantitative estimate of drug-likeness (QED) is 0.797. The molecule has 7 heteroatoms. The summed E-state index contributed by atoms with van der Waals surface area (Å²) in [7, 11) is 0. The van der Waals surface area contributed by atoms with E-state index in [9.17, 15) is 18.4 Å². The van der Waals surface area contributed by atoms with Gasteiger partial charge < -0.3 is 10.6 Å². The summed E-state index contributed by atoms with van der Waals surface area (Å²) in [5.74, 6) is -2.98. The van der Waals surface area contributed by atoms with Gasteiger partial charge >= 0.3 is 0 Å². The van der Waals surface area contributed by atoms with E-state index >= 15 is 0 Å². The lowest BCUT2D eigenvalue weighted by Crippen LogP contribution is -2.47. The highest BCUT2D eigenvalue weighted by molar-refractivity contribution is 5.97. The number of carbonyl (C=O) groups excluding carboxylic acids is 2. The largest absolute Gasteiger partial charge is 0.350 e. The average molecular weight is 361 g/mol. The van der Waals surface area contributed by atoms with Crippen LogP contribution in [0.4, 0.5) is 8.78 Å². The van der Waals surface area contributed by atoms with Crippen molar-refractivity contribution < 1.29 is 18.4 Å². The Morgan fingerprint density at radius 2 is 1.92 bits per heavy atom. The van der Waals surface area contributed by atoms with Gasteiger partial charge in [0.2, 0.25) is 5.91 Å². The van der Waals surface area contributed by atoms with Crippen LogP contribution in [-0.2, 0) is 11.3 Å². The number of nitrogens with one attached hydrogen (secondary N) is 2. The highest BCUT2D eigenvalue weighted by Gasteiger charge is 2.23. The molecule has 2 aromatic rings. The zero-order valence-corrected chi connectivity index (χ0v) is 14.6. The fourth-order valence-corrected chi connectivity index (χ4v) is 2.40. The molecule has 2 rings (SSSR count). The number of pyridine rings is 1. The lowest BCUT2D eigenvalue weighted by atomic mass is 10.0. The zero-order valence-electron chi connectivity index (χ0n) is 14.6. The predicted octanol–water partition coefficient (Wildman–Crippen LogP) is 2.82. The molecule has 0 aliphatic carbocycles. The number of amides is 2. The SMILES string of the molecule is CC(C)C[C@H](NC(=O)c1ccc(F)c(F)c1)C(=O)NCc1cccnc1. The molecule has 0 saturated heterocycles. The van der Waals surface area contributed by atoms with Crippen LogP contribution in [0.25, 0.3) is 0 Å². The van der Waals surface area contributed by atoms with Crippen LogP contribution in [0.2, 0.25) is 0 Å². The Balaban J connectivity index is 2.04. The number of carbonyl (C=O) groups is 2. The minimum atomic E-state index is -1.11. The molecule has 0 aliphatic heterocycles. The Morgan fingerprint density at radius 1 is 1.15 bits per heavy atom. The fourth-order valence-electron chi connectivity index (χ4n) is 2.40. The number of halogens is 2. The summed E-state index contributed by atoms with van der Waals surface area (Å²) in [5.41, 5.74) is 0.786. The van der Waals surface area contributed by atoms with Crippen LogP contribution in [0.5, 0.6) is 0 Å². The summed E-state index contributed by atoms with van der Waals surface area (Å²) in [6, 6.07) is 5.66. The number of hydrogen-bond acceptors (Lipinski definition) is 3.